The molecule has 0 spiro atoms. The van der Waals surface area contributed by atoms with Gasteiger partial charge in [-0.3, -0.25) is 0 Å². The van der Waals surface area contributed by atoms with Crippen molar-refractivity contribution in [1.82, 2.24) is 9.80 Å². The van der Waals surface area contributed by atoms with Gasteiger partial charge in [-0.25, -0.2) is 0 Å². The van der Waals surface area contributed by atoms with E-state index in [1.807, 2.05) is 0 Å². The van der Waals surface area contributed by atoms with Crippen LogP contribution in [0.15, 0.2) is 0 Å². The molecule has 1 rings (SSSR count). The van der Waals surface area contributed by atoms with Gasteiger partial charge < -0.3 is 20.6 Å². The van der Waals surface area contributed by atoms with Crippen LogP contribution in [-0.2, 0) is 0 Å². The Bertz CT molecular complexity index is 190. The van der Waals surface area contributed by atoms with Crippen LogP contribution in [0.5, 0.6) is 0 Å². The minimum atomic E-state index is 0.342. The summed E-state index contributed by atoms with van der Waals surface area (Å²) in [7, 11) is 0. The highest BCUT2D eigenvalue weighted by atomic mass is 16.2. The lowest BCUT2D eigenvalue weighted by Crippen LogP contribution is -2.32. The lowest BCUT2D eigenvalue weighted by Gasteiger charge is -2.21. The number of nitrogens with two attached hydrogens (primary N) is 1. The monoisotopic (exact) mass is 257 g/mol. The first-order chi connectivity index (χ1) is 8.86. The van der Waals surface area contributed by atoms with Gasteiger partial charge in [0, 0.05) is 19.7 Å². The Kier molecular flexibility index (Phi) is 9.48. The largest absolute Gasteiger partial charge is 0.396 e. The Morgan fingerprint density at radius 3 is 1.94 bits per heavy atom. The van der Waals surface area contributed by atoms with Gasteiger partial charge >= 0.3 is 0 Å². The van der Waals surface area contributed by atoms with Crippen molar-refractivity contribution in [3.05, 3.63) is 0 Å². The third-order valence-electron chi connectivity index (χ3n) is 3.74. The molecule has 1 aliphatic heterocycles. The van der Waals surface area contributed by atoms with Crippen molar-refractivity contribution in [3.8, 4) is 0 Å². The van der Waals surface area contributed by atoms with Crippen molar-refractivity contribution in [2.45, 2.75) is 38.5 Å². The summed E-state index contributed by atoms with van der Waals surface area (Å²) in [6.45, 7) is 8.50. The Morgan fingerprint density at radius 2 is 1.39 bits per heavy atom. The molecule has 0 aromatic heterocycles. The van der Waals surface area contributed by atoms with E-state index in [4.69, 9.17) is 10.8 Å². The van der Waals surface area contributed by atoms with Gasteiger partial charge in [0.05, 0.1) is 0 Å². The van der Waals surface area contributed by atoms with Gasteiger partial charge in [-0.15, -0.1) is 0 Å². The summed E-state index contributed by atoms with van der Waals surface area (Å²) in [5, 5.41) is 8.76. The second-order valence-electron chi connectivity index (χ2n) is 5.32. The zero-order chi connectivity index (χ0) is 13.1. The molecule has 1 saturated heterocycles. The van der Waals surface area contributed by atoms with Crippen molar-refractivity contribution in [2.24, 2.45) is 5.73 Å². The molecular formula is C14H31N3O. The fraction of sp³-hybridized carbons (Fsp3) is 1.00. The van der Waals surface area contributed by atoms with E-state index in [0.29, 0.717) is 6.61 Å². The van der Waals surface area contributed by atoms with Crippen LogP contribution in [-0.4, -0.2) is 67.3 Å². The summed E-state index contributed by atoms with van der Waals surface area (Å²) >= 11 is 0. The van der Waals surface area contributed by atoms with Crippen LogP contribution in [0.25, 0.3) is 0 Å². The van der Waals surface area contributed by atoms with Crippen LogP contribution in [0.4, 0.5) is 0 Å². The van der Waals surface area contributed by atoms with Gasteiger partial charge in [0.2, 0.25) is 0 Å². The van der Waals surface area contributed by atoms with Gasteiger partial charge in [0.15, 0.2) is 0 Å². The van der Waals surface area contributed by atoms with Crippen molar-refractivity contribution in [2.75, 3.05) is 52.4 Å². The highest BCUT2D eigenvalue weighted by molar-refractivity contribution is 4.69. The number of unbranched alkanes of at least 4 members (excludes halogenated alkanes) is 3. The van der Waals surface area contributed by atoms with Crippen molar-refractivity contribution < 1.29 is 5.11 Å². The Labute approximate surface area is 112 Å². The van der Waals surface area contributed by atoms with Gasteiger partial charge in [0.25, 0.3) is 0 Å². The molecule has 0 bridgehead atoms. The Hall–Kier alpha value is -0.160. The predicted molar refractivity (Wildman–Crippen MR) is 76.7 cm³/mol. The molecule has 1 aliphatic rings. The topological polar surface area (TPSA) is 52.7 Å². The minimum absolute atomic E-state index is 0.342. The lowest BCUT2D eigenvalue weighted by molar-refractivity contribution is 0.244. The highest BCUT2D eigenvalue weighted by Crippen LogP contribution is 2.06. The lowest BCUT2D eigenvalue weighted by atomic mass is 10.2. The molecule has 0 amide bonds. The number of aliphatic hydroxyl groups is 1. The number of aliphatic hydroxyl groups excluding tert-OH is 1. The van der Waals surface area contributed by atoms with Crippen LogP contribution in [0.3, 0.4) is 0 Å². The molecule has 108 valence electrons. The summed E-state index contributed by atoms with van der Waals surface area (Å²) in [6, 6.07) is 0. The molecule has 0 aromatic rings. The first-order valence-electron chi connectivity index (χ1n) is 7.62. The SMILES string of the molecule is NCCCCN1CCCN(CCCCCO)CC1. The van der Waals surface area contributed by atoms with E-state index in [1.165, 1.54) is 58.5 Å². The average molecular weight is 257 g/mol. The normalized spacial score (nSPS) is 19.0. The van der Waals surface area contributed by atoms with E-state index in [1.54, 1.807) is 0 Å². The number of hydrogen-bond donors (Lipinski definition) is 2. The van der Waals surface area contributed by atoms with Crippen LogP contribution in [0, 0.1) is 0 Å². The molecule has 0 unspecified atom stereocenters. The third-order valence-corrected chi connectivity index (χ3v) is 3.74. The summed E-state index contributed by atoms with van der Waals surface area (Å²) < 4.78 is 0. The van der Waals surface area contributed by atoms with Crippen LogP contribution >= 0.6 is 0 Å². The summed E-state index contributed by atoms with van der Waals surface area (Å²) in [4.78, 5) is 5.17. The number of nitrogens with zero attached hydrogens (tertiary/aromatic N) is 2. The Morgan fingerprint density at radius 1 is 0.778 bits per heavy atom. The fourth-order valence-electron chi connectivity index (χ4n) is 2.58. The maximum absolute atomic E-state index is 8.76. The summed E-state index contributed by atoms with van der Waals surface area (Å²) in [5.41, 5.74) is 5.53. The third kappa shape index (κ3) is 7.31. The Balaban J connectivity index is 2.08. The smallest absolute Gasteiger partial charge is 0.0431 e. The molecule has 4 nitrogen and oxygen atoms in total. The minimum Gasteiger partial charge on any atom is -0.396 e. The average Bonchev–Trinajstić information content (AvgIpc) is 2.61. The van der Waals surface area contributed by atoms with Gasteiger partial charge in [-0.05, 0) is 71.2 Å². The van der Waals surface area contributed by atoms with E-state index in [0.717, 1.165) is 25.8 Å². The van der Waals surface area contributed by atoms with Crippen LogP contribution in [0.1, 0.15) is 38.5 Å². The van der Waals surface area contributed by atoms with Crippen LogP contribution in [0.2, 0.25) is 0 Å². The fourth-order valence-corrected chi connectivity index (χ4v) is 2.58. The predicted octanol–water partition coefficient (Wildman–Crippen LogP) is 0.896. The van der Waals surface area contributed by atoms with E-state index in [2.05, 4.69) is 9.80 Å². The maximum Gasteiger partial charge on any atom is 0.0431 e. The van der Waals surface area contributed by atoms with Crippen LogP contribution < -0.4 is 5.73 Å². The van der Waals surface area contributed by atoms with E-state index < -0.39 is 0 Å². The highest BCUT2D eigenvalue weighted by Gasteiger charge is 2.13. The second kappa shape index (κ2) is 10.7. The molecule has 0 aromatic carbocycles. The van der Waals surface area contributed by atoms with Crippen molar-refractivity contribution in [3.63, 3.8) is 0 Å². The molecule has 3 N–H and O–H groups in total. The van der Waals surface area contributed by atoms with Gasteiger partial charge in [-0.1, -0.05) is 0 Å². The quantitative estimate of drug-likeness (QED) is 0.603. The zero-order valence-corrected chi connectivity index (χ0v) is 11.8. The molecule has 0 saturated carbocycles. The van der Waals surface area contributed by atoms with E-state index >= 15 is 0 Å². The zero-order valence-electron chi connectivity index (χ0n) is 11.8. The number of rotatable bonds is 9. The van der Waals surface area contributed by atoms with Gasteiger partial charge in [-0.2, -0.15) is 0 Å². The first kappa shape index (κ1) is 15.9. The number of hydrogen-bond acceptors (Lipinski definition) is 4. The first-order valence-corrected chi connectivity index (χ1v) is 7.62. The van der Waals surface area contributed by atoms with E-state index in [9.17, 15) is 0 Å². The standard InChI is InChI=1S/C14H31N3O/c15-7-2-4-9-17-11-6-10-16(12-13-17)8-3-1-5-14-18/h18H,1-15H2. The van der Waals surface area contributed by atoms with Crippen molar-refractivity contribution in [1.29, 1.82) is 0 Å². The molecule has 1 fully saturated rings. The molecule has 0 radical (unpaired) electrons. The molecule has 18 heavy (non-hydrogen) atoms. The molecule has 1 heterocycles. The molecule has 0 aliphatic carbocycles. The van der Waals surface area contributed by atoms with Gasteiger partial charge in [0.1, 0.15) is 0 Å². The maximum atomic E-state index is 8.76. The summed E-state index contributed by atoms with van der Waals surface area (Å²) in [5.74, 6) is 0. The van der Waals surface area contributed by atoms with E-state index in [-0.39, 0.29) is 0 Å². The summed E-state index contributed by atoms with van der Waals surface area (Å²) in [6.07, 6.45) is 7.04. The molecular weight excluding hydrogens is 226 g/mol. The second-order valence-corrected chi connectivity index (χ2v) is 5.32. The molecule has 4 heteroatoms. The molecule has 0 atom stereocenters. The van der Waals surface area contributed by atoms with Crippen molar-refractivity contribution >= 4 is 0 Å².